The van der Waals surface area contributed by atoms with E-state index in [1.54, 1.807) is 26.0 Å². The number of rotatable bonds is 6. The molecule has 1 aromatic heterocycles. The molecule has 0 saturated carbocycles. The van der Waals surface area contributed by atoms with Crippen LogP contribution in [0.1, 0.15) is 11.5 Å². The van der Waals surface area contributed by atoms with Gasteiger partial charge in [0.1, 0.15) is 16.5 Å². The maximum atomic E-state index is 12.6. The Morgan fingerprint density at radius 2 is 1.48 bits per heavy atom. The van der Waals surface area contributed by atoms with E-state index in [4.69, 9.17) is 11.6 Å². The molecule has 0 unspecified atom stereocenters. The first kappa shape index (κ1) is 21.0. The molecule has 1 heterocycles. The maximum Gasteiger partial charge on any atom is 0.263 e. The van der Waals surface area contributed by atoms with Crippen molar-refractivity contribution in [2.45, 2.75) is 23.6 Å². The second kappa shape index (κ2) is 7.97. The summed E-state index contributed by atoms with van der Waals surface area (Å²) in [5.74, 6) is 0.588. The zero-order chi connectivity index (χ0) is 21.2. The van der Waals surface area contributed by atoms with Crippen LogP contribution < -0.4 is 9.44 Å². The molecule has 0 radical (unpaired) electrons. The molecule has 3 rings (SSSR count). The van der Waals surface area contributed by atoms with Gasteiger partial charge in [0.2, 0.25) is 0 Å². The van der Waals surface area contributed by atoms with Crippen molar-refractivity contribution in [1.82, 2.24) is 9.97 Å². The zero-order valence-corrected chi connectivity index (χ0v) is 17.8. The lowest BCUT2D eigenvalue weighted by molar-refractivity contribution is 0.600. The van der Waals surface area contributed by atoms with Gasteiger partial charge in [0.25, 0.3) is 20.0 Å². The number of aromatic nitrogens is 2. The molecule has 152 valence electrons. The number of aryl methyl sites for hydroxylation is 2. The minimum absolute atomic E-state index is 0.0490. The first-order chi connectivity index (χ1) is 13.6. The van der Waals surface area contributed by atoms with Crippen LogP contribution in [0, 0.1) is 13.8 Å². The Hall–Kier alpha value is -2.69. The highest BCUT2D eigenvalue weighted by molar-refractivity contribution is 7.93. The summed E-state index contributed by atoms with van der Waals surface area (Å²) in [5, 5.41) is 0.0823. The molecule has 3 aromatic rings. The van der Waals surface area contributed by atoms with Crippen LogP contribution in [-0.2, 0) is 20.0 Å². The number of benzene rings is 2. The number of hydrogen-bond donors (Lipinski definition) is 2. The van der Waals surface area contributed by atoms with Crippen molar-refractivity contribution < 1.29 is 16.8 Å². The highest BCUT2D eigenvalue weighted by Crippen LogP contribution is 2.24. The van der Waals surface area contributed by atoms with Gasteiger partial charge in [0, 0.05) is 17.4 Å². The molecule has 11 heteroatoms. The van der Waals surface area contributed by atoms with Gasteiger partial charge in [0.05, 0.1) is 9.92 Å². The van der Waals surface area contributed by atoms with E-state index in [2.05, 4.69) is 19.4 Å². The fourth-order valence-electron chi connectivity index (χ4n) is 2.54. The molecular weight excluding hydrogens is 436 g/mol. The minimum Gasteiger partial charge on any atom is -0.280 e. The fraction of sp³-hybridized carbons (Fsp3) is 0.111. The van der Waals surface area contributed by atoms with Crippen LogP contribution in [0.25, 0.3) is 0 Å². The van der Waals surface area contributed by atoms with Gasteiger partial charge < -0.3 is 0 Å². The van der Waals surface area contributed by atoms with Crippen LogP contribution in [0.15, 0.2) is 64.4 Å². The first-order valence-corrected chi connectivity index (χ1v) is 11.6. The van der Waals surface area contributed by atoms with Crippen LogP contribution in [0.5, 0.6) is 0 Å². The average molecular weight is 453 g/mol. The Bertz CT molecular complexity index is 1240. The predicted molar refractivity (Wildman–Crippen MR) is 111 cm³/mol. The highest BCUT2D eigenvalue weighted by atomic mass is 35.5. The SMILES string of the molecule is Cc1cc(NS(=O)(=O)c2ccc(NS(=O)(=O)c3ccccc3Cl)cc2)nc(C)n1. The van der Waals surface area contributed by atoms with Gasteiger partial charge >= 0.3 is 0 Å². The van der Waals surface area contributed by atoms with Crippen molar-refractivity contribution in [2.24, 2.45) is 0 Å². The summed E-state index contributed by atoms with van der Waals surface area (Å²) >= 11 is 5.94. The van der Waals surface area contributed by atoms with Gasteiger partial charge in [-0.25, -0.2) is 26.8 Å². The molecule has 8 nitrogen and oxygen atoms in total. The van der Waals surface area contributed by atoms with E-state index in [0.717, 1.165) is 0 Å². The van der Waals surface area contributed by atoms with Crippen LogP contribution in [0.4, 0.5) is 11.5 Å². The Kier molecular flexibility index (Phi) is 5.78. The molecule has 0 atom stereocenters. The van der Waals surface area contributed by atoms with Gasteiger partial charge in [-0.3, -0.25) is 9.44 Å². The van der Waals surface area contributed by atoms with Crippen LogP contribution in [-0.4, -0.2) is 26.8 Å². The first-order valence-electron chi connectivity index (χ1n) is 8.29. The van der Waals surface area contributed by atoms with E-state index in [-0.39, 0.29) is 26.3 Å². The highest BCUT2D eigenvalue weighted by Gasteiger charge is 2.19. The number of halogens is 1. The molecular formula is C18H17ClN4O4S2. The van der Waals surface area contributed by atoms with E-state index >= 15 is 0 Å². The van der Waals surface area contributed by atoms with E-state index < -0.39 is 20.0 Å². The maximum absolute atomic E-state index is 12.6. The van der Waals surface area contributed by atoms with Crippen molar-refractivity contribution >= 4 is 43.2 Å². The van der Waals surface area contributed by atoms with E-state index in [9.17, 15) is 16.8 Å². The molecule has 0 aliphatic heterocycles. The molecule has 0 amide bonds. The molecule has 0 aliphatic rings. The molecule has 0 aliphatic carbocycles. The van der Waals surface area contributed by atoms with Gasteiger partial charge in [0.15, 0.2) is 0 Å². The zero-order valence-electron chi connectivity index (χ0n) is 15.4. The number of anilines is 2. The summed E-state index contributed by atoms with van der Waals surface area (Å²) in [6.45, 7) is 3.39. The summed E-state index contributed by atoms with van der Waals surface area (Å²) in [7, 11) is -7.82. The molecule has 0 fully saturated rings. The van der Waals surface area contributed by atoms with Gasteiger partial charge in [-0.15, -0.1) is 0 Å². The van der Waals surface area contributed by atoms with Gasteiger partial charge in [-0.1, -0.05) is 23.7 Å². The van der Waals surface area contributed by atoms with E-state index in [0.29, 0.717) is 11.5 Å². The fourth-order valence-corrected chi connectivity index (χ4v) is 5.11. The Balaban J connectivity index is 1.81. The van der Waals surface area contributed by atoms with Crippen molar-refractivity contribution in [3.8, 4) is 0 Å². The predicted octanol–water partition coefficient (Wildman–Crippen LogP) is 3.35. The second-order valence-electron chi connectivity index (χ2n) is 6.11. The lowest BCUT2D eigenvalue weighted by Crippen LogP contribution is -2.16. The van der Waals surface area contributed by atoms with Crippen molar-refractivity contribution in [3.05, 3.63) is 71.1 Å². The Morgan fingerprint density at radius 3 is 2.10 bits per heavy atom. The van der Waals surface area contributed by atoms with E-state index in [1.165, 1.54) is 42.5 Å². The summed E-state index contributed by atoms with van der Waals surface area (Å²) in [6, 6.07) is 12.8. The normalized spacial score (nSPS) is 11.8. The Morgan fingerprint density at radius 1 is 0.828 bits per heavy atom. The van der Waals surface area contributed by atoms with Gasteiger partial charge in [-0.05, 0) is 50.2 Å². The molecule has 0 bridgehead atoms. The quantitative estimate of drug-likeness (QED) is 0.592. The Labute approximate surface area is 174 Å². The standard InChI is InChI=1S/C18H17ClN4O4S2/c1-12-11-18(21-13(2)20-12)23-28(24,25)15-9-7-14(8-10-15)22-29(26,27)17-6-4-3-5-16(17)19/h3-11,22H,1-2H3,(H,20,21,23). The lowest BCUT2D eigenvalue weighted by Gasteiger charge is -2.11. The third kappa shape index (κ3) is 5.03. The number of sulfonamides is 2. The van der Waals surface area contributed by atoms with Crippen molar-refractivity contribution in [3.63, 3.8) is 0 Å². The largest absolute Gasteiger partial charge is 0.280 e. The second-order valence-corrected chi connectivity index (χ2v) is 9.85. The van der Waals surface area contributed by atoms with Crippen molar-refractivity contribution in [1.29, 1.82) is 0 Å². The number of nitrogens with zero attached hydrogens (tertiary/aromatic N) is 2. The molecule has 29 heavy (non-hydrogen) atoms. The molecule has 0 spiro atoms. The van der Waals surface area contributed by atoms with E-state index in [1.807, 2.05) is 0 Å². The summed E-state index contributed by atoms with van der Waals surface area (Å²) in [4.78, 5) is 8.02. The smallest absolute Gasteiger partial charge is 0.263 e. The molecule has 2 N–H and O–H groups in total. The summed E-state index contributed by atoms with van der Waals surface area (Å²) < 4.78 is 54.8. The molecule has 2 aromatic carbocycles. The number of nitrogens with one attached hydrogen (secondary N) is 2. The van der Waals surface area contributed by atoms with Crippen LogP contribution in [0.2, 0.25) is 5.02 Å². The van der Waals surface area contributed by atoms with Crippen LogP contribution in [0.3, 0.4) is 0 Å². The van der Waals surface area contributed by atoms with Gasteiger partial charge in [-0.2, -0.15) is 0 Å². The minimum atomic E-state index is -3.91. The third-order valence-corrected chi connectivity index (χ3v) is 7.00. The van der Waals surface area contributed by atoms with Crippen LogP contribution >= 0.6 is 11.6 Å². The molecule has 0 saturated heterocycles. The summed E-state index contributed by atoms with van der Waals surface area (Å²) in [5.41, 5.74) is 0.817. The number of hydrogen-bond acceptors (Lipinski definition) is 6. The summed E-state index contributed by atoms with van der Waals surface area (Å²) in [6.07, 6.45) is 0. The topological polar surface area (TPSA) is 118 Å². The van der Waals surface area contributed by atoms with Crippen molar-refractivity contribution in [2.75, 3.05) is 9.44 Å². The monoisotopic (exact) mass is 452 g/mol. The lowest BCUT2D eigenvalue weighted by atomic mass is 10.3. The average Bonchev–Trinajstić information content (AvgIpc) is 2.60. The third-order valence-electron chi connectivity index (χ3n) is 3.75.